The number of para-hydroxylation sites is 1. The summed E-state index contributed by atoms with van der Waals surface area (Å²) in [5.74, 6) is 0.491. The summed E-state index contributed by atoms with van der Waals surface area (Å²) >= 11 is 0. The van der Waals surface area contributed by atoms with E-state index in [2.05, 4.69) is 4.72 Å². The van der Waals surface area contributed by atoms with Crippen LogP contribution in [-0.2, 0) is 10.0 Å². The Labute approximate surface area is 90.3 Å². The minimum atomic E-state index is -3.37. The molecule has 1 aromatic carbocycles. The molecule has 1 aromatic rings. The fourth-order valence-corrected chi connectivity index (χ4v) is 1.60. The molecule has 0 atom stereocenters. The van der Waals surface area contributed by atoms with Gasteiger partial charge in [0.1, 0.15) is 5.75 Å². The number of nitrogens with zero attached hydrogens (tertiary/aromatic N) is 1. The monoisotopic (exact) mass is 228 g/mol. The molecule has 4 nitrogen and oxygen atoms in total. The number of benzene rings is 1. The molecule has 0 radical (unpaired) electrons. The van der Waals surface area contributed by atoms with Gasteiger partial charge in [0.25, 0.3) is 0 Å². The summed E-state index contributed by atoms with van der Waals surface area (Å²) in [5.41, 5.74) is 0.362. The van der Waals surface area contributed by atoms with Crippen LogP contribution in [-0.4, -0.2) is 20.8 Å². The molecule has 84 valence electrons. The lowest BCUT2D eigenvalue weighted by atomic mass is 10.3. The fraction of sp³-hybridized carbons (Fsp3) is 0.400. The molecule has 1 rings (SSSR count). The Kier molecular flexibility index (Phi) is 3.96. The van der Waals surface area contributed by atoms with E-state index in [1.165, 1.54) is 0 Å². The highest BCUT2D eigenvalue weighted by Crippen LogP contribution is 2.33. The largest absolute Gasteiger partial charge is 0.574 e. The number of hydrogen-bond acceptors (Lipinski definition) is 3. The second-order valence-electron chi connectivity index (χ2n) is 2.86. The maximum atomic E-state index is 11.3. The summed E-state index contributed by atoms with van der Waals surface area (Å²) in [5, 5.41) is 0. The highest BCUT2D eigenvalue weighted by molar-refractivity contribution is 7.94. The third kappa shape index (κ3) is 3.43. The van der Waals surface area contributed by atoms with Crippen LogP contribution < -0.4 is 4.74 Å². The van der Waals surface area contributed by atoms with Crippen LogP contribution >= 0.6 is 0 Å². The first-order chi connectivity index (χ1) is 7.09. The van der Waals surface area contributed by atoms with Crippen molar-refractivity contribution in [3.8, 4) is 5.75 Å². The summed E-state index contributed by atoms with van der Waals surface area (Å²) in [4.78, 5) is 0. The van der Waals surface area contributed by atoms with Crippen LogP contribution in [0.25, 0.3) is 4.72 Å². The van der Waals surface area contributed by atoms with Gasteiger partial charge in [-0.1, -0.05) is 30.8 Å². The molecular weight excluding hydrogens is 214 g/mol. The smallest absolute Gasteiger partial charge is 0.105 e. The summed E-state index contributed by atoms with van der Waals surface area (Å²) in [6, 6.07) is 6.83. The molecule has 0 saturated carbocycles. The number of ether oxygens (including phenoxy) is 1. The van der Waals surface area contributed by atoms with E-state index in [-0.39, 0.29) is 5.75 Å². The Morgan fingerprint density at radius 2 is 1.93 bits per heavy atom. The molecule has 0 aromatic heterocycles. The standard InChI is InChI=1S/C10H14NO3S/c1-3-14-10-8-6-5-7-9(10)11-15(12,13)4-2/h5-8H,3-4H2,1-2H3/q-1. The topological polar surface area (TPSA) is 57.5 Å². The maximum Gasteiger partial charge on any atom is 0.105 e. The van der Waals surface area contributed by atoms with Crippen molar-refractivity contribution in [3.05, 3.63) is 29.0 Å². The predicted octanol–water partition coefficient (Wildman–Crippen LogP) is 2.44. The molecule has 0 bridgehead atoms. The van der Waals surface area contributed by atoms with Crippen LogP contribution in [0.3, 0.4) is 0 Å². The molecule has 0 aliphatic carbocycles. The average molecular weight is 228 g/mol. The molecule has 0 heterocycles. The van der Waals surface area contributed by atoms with E-state index in [9.17, 15) is 8.42 Å². The van der Waals surface area contributed by atoms with Crippen molar-refractivity contribution in [1.29, 1.82) is 0 Å². The van der Waals surface area contributed by atoms with Gasteiger partial charge < -0.3 is 9.46 Å². The van der Waals surface area contributed by atoms with E-state index in [1.807, 2.05) is 6.92 Å². The minimum Gasteiger partial charge on any atom is -0.574 e. The molecular formula is C10H14NO3S-. The molecule has 0 unspecified atom stereocenters. The SMILES string of the molecule is CCOc1ccccc1[N-]S(=O)(=O)CC. The van der Waals surface area contributed by atoms with E-state index in [0.717, 1.165) is 0 Å². The van der Waals surface area contributed by atoms with Gasteiger partial charge in [0.05, 0.1) is 16.6 Å². The Morgan fingerprint density at radius 3 is 2.53 bits per heavy atom. The lowest BCUT2D eigenvalue weighted by Gasteiger charge is -2.23. The van der Waals surface area contributed by atoms with Crippen molar-refractivity contribution in [2.45, 2.75) is 13.8 Å². The molecule has 0 fully saturated rings. The van der Waals surface area contributed by atoms with Gasteiger partial charge >= 0.3 is 0 Å². The van der Waals surface area contributed by atoms with Crippen molar-refractivity contribution in [1.82, 2.24) is 0 Å². The van der Waals surface area contributed by atoms with E-state index in [4.69, 9.17) is 4.74 Å². The Bertz CT molecular complexity index is 414. The summed E-state index contributed by atoms with van der Waals surface area (Å²) in [7, 11) is -3.37. The zero-order valence-corrected chi connectivity index (χ0v) is 9.62. The molecule has 0 amide bonds. The van der Waals surface area contributed by atoms with Crippen LogP contribution in [0.2, 0.25) is 0 Å². The molecule has 15 heavy (non-hydrogen) atoms. The summed E-state index contributed by atoms with van der Waals surface area (Å²) in [6.45, 7) is 3.88. The lowest BCUT2D eigenvalue weighted by molar-refractivity contribution is 0.342. The lowest BCUT2D eigenvalue weighted by Crippen LogP contribution is -2.00. The van der Waals surface area contributed by atoms with Crippen molar-refractivity contribution in [2.24, 2.45) is 0 Å². The second-order valence-corrected chi connectivity index (χ2v) is 4.79. The quantitative estimate of drug-likeness (QED) is 0.777. The van der Waals surface area contributed by atoms with Crippen LogP contribution in [0, 0.1) is 0 Å². The third-order valence-electron chi connectivity index (χ3n) is 1.77. The van der Waals surface area contributed by atoms with E-state index in [0.29, 0.717) is 18.0 Å². The van der Waals surface area contributed by atoms with Crippen molar-refractivity contribution in [3.63, 3.8) is 0 Å². The van der Waals surface area contributed by atoms with Crippen LogP contribution in [0.15, 0.2) is 24.3 Å². The van der Waals surface area contributed by atoms with Gasteiger partial charge in [0.2, 0.25) is 0 Å². The van der Waals surface area contributed by atoms with E-state index >= 15 is 0 Å². The highest BCUT2D eigenvalue weighted by Gasteiger charge is 1.99. The first-order valence-electron chi connectivity index (χ1n) is 4.76. The van der Waals surface area contributed by atoms with Crippen LogP contribution in [0.4, 0.5) is 5.69 Å². The molecule has 0 aliphatic heterocycles. The van der Waals surface area contributed by atoms with Gasteiger partial charge in [-0.25, -0.2) is 8.42 Å². The van der Waals surface area contributed by atoms with Gasteiger partial charge in [-0.15, -0.1) is 0 Å². The molecule has 0 aliphatic rings. The zero-order valence-electron chi connectivity index (χ0n) is 8.80. The average Bonchev–Trinajstić information content (AvgIpc) is 2.21. The Hall–Kier alpha value is -1.23. The molecule has 0 spiro atoms. The minimum absolute atomic E-state index is 0.00649. The van der Waals surface area contributed by atoms with E-state index in [1.54, 1.807) is 31.2 Å². The van der Waals surface area contributed by atoms with Crippen molar-refractivity contribution >= 4 is 15.7 Å². The first kappa shape index (κ1) is 11.8. The predicted molar refractivity (Wildman–Crippen MR) is 60.1 cm³/mol. The van der Waals surface area contributed by atoms with Crippen LogP contribution in [0.5, 0.6) is 5.75 Å². The van der Waals surface area contributed by atoms with E-state index < -0.39 is 10.0 Å². The van der Waals surface area contributed by atoms with Gasteiger partial charge in [-0.3, -0.25) is 0 Å². The van der Waals surface area contributed by atoms with Crippen molar-refractivity contribution < 1.29 is 13.2 Å². The van der Waals surface area contributed by atoms with Gasteiger partial charge in [0.15, 0.2) is 0 Å². The Morgan fingerprint density at radius 1 is 1.27 bits per heavy atom. The second kappa shape index (κ2) is 5.02. The fourth-order valence-electron chi connectivity index (χ4n) is 1.02. The molecule has 5 heteroatoms. The van der Waals surface area contributed by atoms with Gasteiger partial charge in [0, 0.05) is 5.75 Å². The third-order valence-corrected chi connectivity index (χ3v) is 2.97. The van der Waals surface area contributed by atoms with Gasteiger partial charge in [-0.2, -0.15) is 0 Å². The molecule has 0 saturated heterocycles. The number of sulfonamides is 1. The number of hydrogen-bond donors (Lipinski definition) is 0. The maximum absolute atomic E-state index is 11.3. The Balaban J connectivity index is 2.94. The first-order valence-corrected chi connectivity index (χ1v) is 6.37. The van der Waals surface area contributed by atoms with Gasteiger partial charge in [-0.05, 0) is 13.0 Å². The highest BCUT2D eigenvalue weighted by atomic mass is 32.2. The zero-order chi connectivity index (χ0) is 11.3. The normalized spacial score (nSPS) is 11.1. The molecule has 0 N–H and O–H groups in total. The number of rotatable bonds is 5. The van der Waals surface area contributed by atoms with Crippen molar-refractivity contribution in [2.75, 3.05) is 12.4 Å². The summed E-state index contributed by atoms with van der Waals surface area (Å²) in [6.07, 6.45) is 0. The summed E-state index contributed by atoms with van der Waals surface area (Å²) < 4.78 is 31.6. The van der Waals surface area contributed by atoms with Crippen LogP contribution in [0.1, 0.15) is 13.8 Å².